The molecule has 9 heteroatoms. The topological polar surface area (TPSA) is 100 Å². The van der Waals surface area contributed by atoms with Gasteiger partial charge < -0.3 is 15.2 Å². The summed E-state index contributed by atoms with van der Waals surface area (Å²) in [5.41, 5.74) is 0.809. The van der Waals surface area contributed by atoms with Gasteiger partial charge in [-0.25, -0.2) is 0 Å². The van der Waals surface area contributed by atoms with Crippen molar-refractivity contribution in [3.63, 3.8) is 0 Å². The first-order valence-corrected chi connectivity index (χ1v) is 8.09. The first-order valence-electron chi connectivity index (χ1n) is 6.67. The zero-order chi connectivity index (χ0) is 16.7. The van der Waals surface area contributed by atoms with E-state index in [-0.39, 0.29) is 12.3 Å². The van der Waals surface area contributed by atoms with Crippen LogP contribution in [0.5, 0.6) is 5.75 Å². The fourth-order valence-electron chi connectivity index (χ4n) is 1.70. The number of hydrogen-bond acceptors (Lipinski definition) is 6. The summed E-state index contributed by atoms with van der Waals surface area (Å²) in [4.78, 5) is 22.1. The van der Waals surface area contributed by atoms with Gasteiger partial charge in [-0.15, -0.1) is 16.7 Å². The van der Waals surface area contributed by atoms with Gasteiger partial charge >= 0.3 is 5.97 Å². The Kier molecular flexibility index (Phi) is 6.42. The molecule has 0 saturated carbocycles. The van der Waals surface area contributed by atoms with Crippen molar-refractivity contribution in [2.24, 2.45) is 10.2 Å². The SMILES string of the molecule is O=C(O)CC1SC(=NN=Cc2ccc(OCCCl)cc2)NC1=O. The van der Waals surface area contributed by atoms with Gasteiger partial charge in [-0.1, -0.05) is 11.8 Å². The molecular weight excluding hydrogens is 342 g/mol. The van der Waals surface area contributed by atoms with Crippen LogP contribution < -0.4 is 10.1 Å². The number of amides is 1. The van der Waals surface area contributed by atoms with Crippen LogP contribution in [0, 0.1) is 0 Å². The lowest BCUT2D eigenvalue weighted by Gasteiger charge is -2.02. The van der Waals surface area contributed by atoms with E-state index >= 15 is 0 Å². The van der Waals surface area contributed by atoms with Gasteiger partial charge in [0.25, 0.3) is 0 Å². The number of ether oxygens (including phenoxy) is 1. The Bertz CT molecular complexity index is 633. The number of halogens is 1. The van der Waals surface area contributed by atoms with Gasteiger partial charge in [0.2, 0.25) is 5.91 Å². The van der Waals surface area contributed by atoms with Crippen LogP contribution in [0.25, 0.3) is 0 Å². The molecule has 1 fully saturated rings. The molecule has 1 aromatic rings. The number of carbonyl (C=O) groups excluding carboxylic acids is 1. The Morgan fingerprint density at radius 2 is 2.17 bits per heavy atom. The van der Waals surface area contributed by atoms with Crippen LogP contribution in [0.2, 0.25) is 0 Å². The average molecular weight is 356 g/mol. The van der Waals surface area contributed by atoms with Crippen molar-refractivity contribution in [2.75, 3.05) is 12.5 Å². The maximum Gasteiger partial charge on any atom is 0.305 e. The van der Waals surface area contributed by atoms with Gasteiger partial charge in [-0.05, 0) is 29.8 Å². The van der Waals surface area contributed by atoms with E-state index in [2.05, 4.69) is 15.5 Å². The molecule has 1 aliphatic heterocycles. The molecule has 0 aromatic heterocycles. The highest BCUT2D eigenvalue weighted by Crippen LogP contribution is 2.22. The van der Waals surface area contributed by atoms with E-state index in [0.29, 0.717) is 23.4 Å². The normalized spacial score (nSPS) is 19.3. The van der Waals surface area contributed by atoms with Crippen LogP contribution in [-0.2, 0) is 9.59 Å². The number of carboxylic acids is 1. The molecule has 2 rings (SSSR count). The van der Waals surface area contributed by atoms with Crippen molar-refractivity contribution in [2.45, 2.75) is 11.7 Å². The Hall–Kier alpha value is -2.06. The van der Waals surface area contributed by atoms with Crippen LogP contribution in [0.3, 0.4) is 0 Å². The molecule has 1 amide bonds. The van der Waals surface area contributed by atoms with E-state index in [1.807, 2.05) is 0 Å². The number of benzene rings is 1. The molecule has 0 radical (unpaired) electrons. The smallest absolute Gasteiger partial charge is 0.305 e. The van der Waals surface area contributed by atoms with Crippen LogP contribution in [0.4, 0.5) is 0 Å². The van der Waals surface area contributed by atoms with E-state index in [9.17, 15) is 9.59 Å². The van der Waals surface area contributed by atoms with E-state index in [1.165, 1.54) is 6.21 Å². The van der Waals surface area contributed by atoms with Crippen molar-refractivity contribution < 1.29 is 19.4 Å². The Morgan fingerprint density at radius 1 is 1.43 bits per heavy atom. The van der Waals surface area contributed by atoms with Crippen molar-refractivity contribution in [1.82, 2.24) is 5.32 Å². The summed E-state index contributed by atoms with van der Waals surface area (Å²) in [6, 6.07) is 7.19. The molecule has 23 heavy (non-hydrogen) atoms. The largest absolute Gasteiger partial charge is 0.492 e. The summed E-state index contributed by atoms with van der Waals surface area (Å²) >= 11 is 6.59. The molecule has 1 aliphatic rings. The molecule has 7 nitrogen and oxygen atoms in total. The summed E-state index contributed by atoms with van der Waals surface area (Å²) in [6.07, 6.45) is 1.28. The van der Waals surface area contributed by atoms with E-state index in [4.69, 9.17) is 21.4 Å². The summed E-state index contributed by atoms with van der Waals surface area (Å²) < 4.78 is 5.35. The van der Waals surface area contributed by atoms with Gasteiger partial charge in [0.05, 0.1) is 18.5 Å². The first kappa shape index (κ1) is 17.3. The molecule has 0 spiro atoms. The number of alkyl halides is 1. The monoisotopic (exact) mass is 355 g/mol. The standard InChI is InChI=1S/C14H14ClN3O4S/c15-5-6-22-10-3-1-9(2-4-10)8-16-18-14-17-13(21)11(23-14)7-12(19)20/h1-4,8,11H,5-7H2,(H,19,20)(H,17,18,21). The Balaban J connectivity index is 1.90. The number of thioether (sulfide) groups is 1. The van der Waals surface area contributed by atoms with Crippen molar-refractivity contribution in [3.8, 4) is 5.75 Å². The number of aliphatic carboxylic acids is 1. The summed E-state index contributed by atoms with van der Waals surface area (Å²) in [5.74, 6) is -0.261. The maximum absolute atomic E-state index is 11.5. The third-order valence-corrected chi connectivity index (χ3v) is 3.94. The molecule has 1 atom stereocenters. The van der Waals surface area contributed by atoms with E-state index in [0.717, 1.165) is 17.3 Å². The predicted molar refractivity (Wildman–Crippen MR) is 89.5 cm³/mol. The molecular formula is C14H14ClN3O4S. The highest BCUT2D eigenvalue weighted by molar-refractivity contribution is 8.15. The lowest BCUT2D eigenvalue weighted by atomic mass is 10.2. The van der Waals surface area contributed by atoms with Crippen LogP contribution in [0.1, 0.15) is 12.0 Å². The molecule has 2 N–H and O–H groups in total. The average Bonchev–Trinajstić information content (AvgIpc) is 2.86. The summed E-state index contributed by atoms with van der Waals surface area (Å²) in [5, 5.41) is 18.6. The number of amidine groups is 1. The fraction of sp³-hybridized carbons (Fsp3) is 0.286. The molecule has 1 unspecified atom stereocenters. The predicted octanol–water partition coefficient (Wildman–Crippen LogP) is 1.70. The lowest BCUT2D eigenvalue weighted by molar-refractivity contribution is -0.138. The minimum Gasteiger partial charge on any atom is -0.492 e. The van der Waals surface area contributed by atoms with Crippen LogP contribution >= 0.6 is 23.4 Å². The van der Waals surface area contributed by atoms with Crippen molar-refractivity contribution in [1.29, 1.82) is 0 Å². The minimum atomic E-state index is -1.03. The number of carbonyl (C=O) groups is 2. The fourth-order valence-corrected chi connectivity index (χ4v) is 2.69. The molecule has 1 heterocycles. The molecule has 1 saturated heterocycles. The number of rotatable bonds is 7. The van der Waals surface area contributed by atoms with Crippen LogP contribution in [0.15, 0.2) is 34.5 Å². The second-order valence-electron chi connectivity index (χ2n) is 4.45. The van der Waals surface area contributed by atoms with E-state index in [1.54, 1.807) is 24.3 Å². The molecule has 0 bridgehead atoms. The number of carboxylic acid groups (broad SMARTS) is 1. The number of nitrogens with zero attached hydrogens (tertiary/aromatic N) is 2. The van der Waals surface area contributed by atoms with Crippen LogP contribution in [-0.4, -0.2) is 46.1 Å². The van der Waals surface area contributed by atoms with Gasteiger partial charge in [0.15, 0.2) is 5.17 Å². The van der Waals surface area contributed by atoms with Gasteiger partial charge in [0, 0.05) is 0 Å². The highest BCUT2D eigenvalue weighted by Gasteiger charge is 2.32. The van der Waals surface area contributed by atoms with Crippen molar-refractivity contribution >= 4 is 46.6 Å². The number of hydrogen-bond donors (Lipinski definition) is 2. The second-order valence-corrected chi connectivity index (χ2v) is 6.02. The quantitative estimate of drug-likeness (QED) is 0.440. The molecule has 122 valence electrons. The highest BCUT2D eigenvalue weighted by atomic mass is 35.5. The Morgan fingerprint density at radius 3 is 2.83 bits per heavy atom. The van der Waals surface area contributed by atoms with Gasteiger partial charge in [-0.3, -0.25) is 9.59 Å². The first-order chi connectivity index (χ1) is 11.1. The summed E-state index contributed by atoms with van der Waals surface area (Å²) in [6.45, 7) is 0.442. The van der Waals surface area contributed by atoms with Gasteiger partial charge in [0.1, 0.15) is 17.6 Å². The van der Waals surface area contributed by atoms with E-state index < -0.39 is 11.2 Å². The summed E-state index contributed by atoms with van der Waals surface area (Å²) in [7, 11) is 0. The molecule has 0 aliphatic carbocycles. The zero-order valence-electron chi connectivity index (χ0n) is 11.9. The Labute approximate surface area is 141 Å². The minimum absolute atomic E-state index is 0.247. The second kappa shape index (κ2) is 8.54. The molecule has 1 aromatic carbocycles. The third-order valence-electron chi connectivity index (χ3n) is 2.72. The third kappa shape index (κ3) is 5.57. The van der Waals surface area contributed by atoms with Crippen molar-refractivity contribution in [3.05, 3.63) is 29.8 Å². The van der Waals surface area contributed by atoms with Gasteiger partial charge in [-0.2, -0.15) is 5.10 Å². The lowest BCUT2D eigenvalue weighted by Crippen LogP contribution is -2.26. The zero-order valence-corrected chi connectivity index (χ0v) is 13.5. The number of nitrogens with one attached hydrogen (secondary N) is 1. The maximum atomic E-state index is 11.5.